The zero-order chi connectivity index (χ0) is 32.5. The van der Waals surface area contributed by atoms with Crippen LogP contribution in [0.2, 0.25) is 0 Å². The minimum atomic E-state index is -0.405. The Morgan fingerprint density at radius 2 is 1.79 bits per heavy atom. The number of fused-ring (bicyclic) bond motifs is 4. The van der Waals surface area contributed by atoms with Gasteiger partial charge in [-0.2, -0.15) is 5.10 Å². The van der Waals surface area contributed by atoms with Gasteiger partial charge in [0.2, 0.25) is 0 Å². The summed E-state index contributed by atoms with van der Waals surface area (Å²) in [5, 5.41) is 5.66. The first-order valence-electron chi connectivity index (χ1n) is 16.9. The van der Waals surface area contributed by atoms with Crippen LogP contribution in [0.5, 0.6) is 0 Å². The molecule has 0 saturated carbocycles. The predicted molar refractivity (Wildman–Crippen MR) is 180 cm³/mol. The molecule has 7 nitrogen and oxygen atoms in total. The average Bonchev–Trinajstić information content (AvgIpc) is 3.55. The SMILES string of the molecule is CCOC(=O)c1c(CCCOC2CCCc3ccccc32)c2ccc(F)c3c2n1Cc1ccccc1COCc1nn(C)c(CC)c1-3. The molecule has 2 aromatic heterocycles. The molecule has 7 rings (SSSR count). The van der Waals surface area contributed by atoms with Crippen LogP contribution in [0.4, 0.5) is 4.39 Å². The molecule has 0 fully saturated rings. The Balaban J connectivity index is 1.37. The van der Waals surface area contributed by atoms with Gasteiger partial charge in [0, 0.05) is 42.4 Å². The van der Waals surface area contributed by atoms with Crippen LogP contribution in [-0.4, -0.2) is 33.5 Å². The molecule has 0 spiro atoms. The first-order valence-corrected chi connectivity index (χ1v) is 16.9. The van der Waals surface area contributed by atoms with Crippen LogP contribution in [0, 0.1) is 5.82 Å². The van der Waals surface area contributed by atoms with Gasteiger partial charge in [0.15, 0.2) is 0 Å². The van der Waals surface area contributed by atoms with E-state index in [1.165, 1.54) is 17.2 Å². The first-order chi connectivity index (χ1) is 23.0. The molecule has 47 heavy (non-hydrogen) atoms. The molecule has 2 aliphatic rings. The van der Waals surface area contributed by atoms with Crippen LogP contribution in [0.25, 0.3) is 22.0 Å². The van der Waals surface area contributed by atoms with E-state index in [-0.39, 0.29) is 25.1 Å². The highest BCUT2D eigenvalue weighted by atomic mass is 19.1. The number of nitrogens with zero attached hydrogens (tertiary/aromatic N) is 3. The van der Waals surface area contributed by atoms with Crippen LogP contribution in [0.1, 0.15) is 88.9 Å². The molecule has 244 valence electrons. The monoisotopic (exact) mass is 635 g/mol. The zero-order valence-electron chi connectivity index (χ0n) is 27.5. The van der Waals surface area contributed by atoms with E-state index >= 15 is 4.39 Å². The lowest BCUT2D eigenvalue weighted by Gasteiger charge is -2.25. The average molecular weight is 636 g/mol. The van der Waals surface area contributed by atoms with Crippen molar-refractivity contribution in [1.82, 2.24) is 14.3 Å². The molecule has 1 atom stereocenters. The van der Waals surface area contributed by atoms with Gasteiger partial charge in [-0.1, -0.05) is 55.5 Å². The van der Waals surface area contributed by atoms with Gasteiger partial charge in [-0.15, -0.1) is 0 Å². The molecule has 1 aliphatic heterocycles. The lowest BCUT2D eigenvalue weighted by molar-refractivity contribution is 0.0391. The molecule has 0 bridgehead atoms. The number of aryl methyl sites for hydroxylation is 3. The maximum Gasteiger partial charge on any atom is 0.355 e. The summed E-state index contributed by atoms with van der Waals surface area (Å²) in [6, 6.07) is 20.0. The highest BCUT2D eigenvalue weighted by Gasteiger charge is 2.31. The highest BCUT2D eigenvalue weighted by molar-refractivity contribution is 6.05. The van der Waals surface area contributed by atoms with Gasteiger partial charge in [0.1, 0.15) is 11.5 Å². The fourth-order valence-corrected chi connectivity index (χ4v) is 7.63. The molecule has 1 unspecified atom stereocenters. The third kappa shape index (κ3) is 5.78. The van der Waals surface area contributed by atoms with Crippen LogP contribution in [0.3, 0.4) is 0 Å². The van der Waals surface area contributed by atoms with Crippen molar-refractivity contribution in [2.45, 2.75) is 78.2 Å². The van der Waals surface area contributed by atoms with Gasteiger partial charge in [0.05, 0.1) is 37.1 Å². The third-order valence-corrected chi connectivity index (χ3v) is 9.72. The van der Waals surface area contributed by atoms with Crippen LogP contribution in [-0.2, 0) is 60.3 Å². The van der Waals surface area contributed by atoms with Gasteiger partial charge in [-0.25, -0.2) is 9.18 Å². The number of rotatable bonds is 8. The second-order valence-electron chi connectivity index (χ2n) is 12.5. The Kier molecular flexibility index (Phi) is 8.97. The van der Waals surface area contributed by atoms with Gasteiger partial charge in [-0.05, 0) is 85.4 Å². The van der Waals surface area contributed by atoms with Crippen LogP contribution >= 0.6 is 0 Å². The van der Waals surface area contributed by atoms with E-state index in [0.717, 1.165) is 52.6 Å². The lowest BCUT2D eigenvalue weighted by Crippen LogP contribution is -2.16. The number of hydrogen-bond acceptors (Lipinski definition) is 5. The van der Waals surface area contributed by atoms with Crippen molar-refractivity contribution < 1.29 is 23.4 Å². The van der Waals surface area contributed by atoms with Crippen molar-refractivity contribution in [3.63, 3.8) is 0 Å². The number of carbonyl (C=O) groups is 1. The molecule has 3 heterocycles. The van der Waals surface area contributed by atoms with Crippen molar-refractivity contribution in [3.8, 4) is 11.1 Å². The summed E-state index contributed by atoms with van der Waals surface area (Å²) < 4.78 is 38.6. The molecule has 0 saturated heterocycles. The van der Waals surface area contributed by atoms with Crippen LogP contribution < -0.4 is 0 Å². The van der Waals surface area contributed by atoms with E-state index in [4.69, 9.17) is 19.3 Å². The van der Waals surface area contributed by atoms with E-state index in [1.807, 2.05) is 47.5 Å². The Labute approximate surface area is 275 Å². The fourth-order valence-electron chi connectivity index (χ4n) is 7.63. The van der Waals surface area contributed by atoms with E-state index in [2.05, 4.69) is 37.3 Å². The summed E-state index contributed by atoms with van der Waals surface area (Å²) in [7, 11) is 1.89. The number of carbonyl (C=O) groups excluding carboxylic acids is 1. The van der Waals surface area contributed by atoms with Crippen molar-refractivity contribution >= 4 is 16.9 Å². The summed E-state index contributed by atoms with van der Waals surface area (Å²) in [4.78, 5) is 13.9. The van der Waals surface area contributed by atoms with E-state index in [0.29, 0.717) is 61.5 Å². The predicted octanol–water partition coefficient (Wildman–Crippen LogP) is 8.03. The maximum atomic E-state index is 16.4. The molecule has 3 aromatic carbocycles. The second kappa shape index (κ2) is 13.5. The number of ether oxygens (including phenoxy) is 3. The summed E-state index contributed by atoms with van der Waals surface area (Å²) in [5.74, 6) is -0.757. The Hall–Kier alpha value is -4.27. The maximum absolute atomic E-state index is 16.4. The minimum absolute atomic E-state index is 0.0762. The molecule has 0 N–H and O–H groups in total. The van der Waals surface area contributed by atoms with Crippen molar-refractivity contribution in [2.75, 3.05) is 13.2 Å². The Bertz CT molecular complexity index is 1940. The molecule has 1 aliphatic carbocycles. The standard InChI is InChI=1S/C39H42FN3O4/c1-4-33-36-32(41-42(33)3)24-45-23-27-14-7-6-13-26(27)22-43-37-30(19-20-31(40)35(36)37)29(38(43)39(44)46-5-2)17-11-21-47-34-18-10-15-25-12-8-9-16-28(25)34/h6-9,12-14,16,19-20,34H,4-5,10-11,15,17-18,21-24H2,1-3H3. The number of benzene rings is 3. The molecule has 0 radical (unpaired) electrons. The molecular formula is C39H42FN3O4. The summed E-state index contributed by atoms with van der Waals surface area (Å²) in [6.07, 6.45) is 5.23. The van der Waals surface area contributed by atoms with Crippen molar-refractivity contribution in [3.05, 3.63) is 111 Å². The number of halogens is 1. The quantitative estimate of drug-likeness (QED) is 0.128. The molecule has 5 aromatic rings. The van der Waals surface area contributed by atoms with Gasteiger partial charge >= 0.3 is 5.97 Å². The van der Waals surface area contributed by atoms with Crippen molar-refractivity contribution in [2.24, 2.45) is 7.05 Å². The fraction of sp³-hybridized carbons (Fsp3) is 0.385. The lowest BCUT2D eigenvalue weighted by atomic mass is 9.89. The topological polar surface area (TPSA) is 67.5 Å². The highest BCUT2D eigenvalue weighted by Crippen LogP contribution is 2.41. The van der Waals surface area contributed by atoms with Gasteiger partial charge in [-0.3, -0.25) is 4.68 Å². The summed E-state index contributed by atoms with van der Waals surface area (Å²) in [5.41, 5.74) is 9.48. The summed E-state index contributed by atoms with van der Waals surface area (Å²) in [6.45, 7) is 5.64. The Morgan fingerprint density at radius 1 is 1.00 bits per heavy atom. The normalized spacial score (nSPS) is 15.9. The minimum Gasteiger partial charge on any atom is -0.461 e. The summed E-state index contributed by atoms with van der Waals surface area (Å²) >= 11 is 0. The number of hydrogen-bond donors (Lipinski definition) is 0. The van der Waals surface area contributed by atoms with E-state index in [1.54, 1.807) is 0 Å². The molecule has 0 amide bonds. The van der Waals surface area contributed by atoms with Gasteiger partial charge < -0.3 is 18.8 Å². The van der Waals surface area contributed by atoms with Crippen molar-refractivity contribution in [1.29, 1.82) is 0 Å². The van der Waals surface area contributed by atoms with E-state index in [9.17, 15) is 4.79 Å². The second-order valence-corrected chi connectivity index (χ2v) is 12.5. The van der Waals surface area contributed by atoms with E-state index < -0.39 is 5.97 Å². The number of aromatic nitrogens is 3. The smallest absolute Gasteiger partial charge is 0.355 e. The first kappa shape index (κ1) is 31.3. The third-order valence-electron chi connectivity index (χ3n) is 9.72. The largest absolute Gasteiger partial charge is 0.461 e. The van der Waals surface area contributed by atoms with Gasteiger partial charge in [0.25, 0.3) is 0 Å². The molecule has 8 heteroatoms. The Morgan fingerprint density at radius 3 is 2.60 bits per heavy atom. The number of esters is 1. The zero-order valence-corrected chi connectivity index (χ0v) is 27.5. The van der Waals surface area contributed by atoms with Crippen LogP contribution in [0.15, 0.2) is 60.7 Å². The molecular weight excluding hydrogens is 593 g/mol.